The van der Waals surface area contributed by atoms with Crippen LogP contribution in [0.15, 0.2) is 83.6 Å². The number of oxazole rings is 1. The molecule has 0 radical (unpaired) electrons. The summed E-state index contributed by atoms with van der Waals surface area (Å²) in [6, 6.07) is 21.3. The normalized spacial score (nSPS) is 10.7. The zero-order valence-corrected chi connectivity index (χ0v) is 16.1. The molecule has 3 N–H and O–H groups in total. The second-order valence-corrected chi connectivity index (χ2v) is 6.91. The molecule has 0 spiro atoms. The van der Waals surface area contributed by atoms with Gasteiger partial charge in [0.1, 0.15) is 6.26 Å². The molecule has 29 heavy (non-hydrogen) atoms. The number of nitrogens with one attached hydrogen (secondary N) is 1. The molecule has 144 valence electrons. The number of amides is 1. The standard InChI is InChI=1S/C24H21N3O2/c1-16-2-5-19(24-26-12-13-29-24)15-22(16)18-6-10-21(11-7-18)27-23(28)14-17-3-8-20(25)9-4-17/h2-13,15H,14,25H2,1H3,(H,27,28). The van der Waals surface area contributed by atoms with Crippen molar-refractivity contribution < 1.29 is 9.21 Å². The van der Waals surface area contributed by atoms with E-state index in [1.807, 2.05) is 42.5 Å². The van der Waals surface area contributed by atoms with Gasteiger partial charge in [-0.2, -0.15) is 0 Å². The highest BCUT2D eigenvalue weighted by Crippen LogP contribution is 2.29. The van der Waals surface area contributed by atoms with Gasteiger partial charge in [0.15, 0.2) is 0 Å². The van der Waals surface area contributed by atoms with Crippen LogP contribution in [0.3, 0.4) is 0 Å². The van der Waals surface area contributed by atoms with E-state index in [2.05, 4.69) is 29.4 Å². The Bertz CT molecular complexity index is 1120. The lowest BCUT2D eigenvalue weighted by molar-refractivity contribution is -0.115. The molecule has 1 amide bonds. The van der Waals surface area contributed by atoms with Crippen LogP contribution < -0.4 is 11.1 Å². The Morgan fingerprint density at radius 2 is 1.72 bits per heavy atom. The molecule has 4 rings (SSSR count). The molecule has 0 atom stereocenters. The van der Waals surface area contributed by atoms with Gasteiger partial charge in [0.2, 0.25) is 11.8 Å². The van der Waals surface area contributed by atoms with E-state index in [4.69, 9.17) is 10.2 Å². The molecule has 0 bridgehead atoms. The van der Waals surface area contributed by atoms with Crippen molar-refractivity contribution in [1.82, 2.24) is 4.98 Å². The topological polar surface area (TPSA) is 81.2 Å². The summed E-state index contributed by atoms with van der Waals surface area (Å²) >= 11 is 0. The number of carbonyl (C=O) groups excluding carboxylic acids is 1. The van der Waals surface area contributed by atoms with Gasteiger partial charge in [0.05, 0.1) is 12.6 Å². The Balaban J connectivity index is 1.48. The predicted octanol–water partition coefficient (Wildman–Crippen LogP) is 5.08. The van der Waals surface area contributed by atoms with E-state index >= 15 is 0 Å². The van der Waals surface area contributed by atoms with Gasteiger partial charge in [-0.05, 0) is 65.6 Å². The highest BCUT2D eigenvalue weighted by Gasteiger charge is 2.09. The molecule has 1 aromatic heterocycles. The number of aromatic nitrogens is 1. The summed E-state index contributed by atoms with van der Waals surface area (Å²) in [5, 5.41) is 2.94. The van der Waals surface area contributed by atoms with Crippen LogP contribution in [0.4, 0.5) is 11.4 Å². The predicted molar refractivity (Wildman–Crippen MR) is 115 cm³/mol. The van der Waals surface area contributed by atoms with E-state index in [1.165, 1.54) is 0 Å². The van der Waals surface area contributed by atoms with E-state index in [1.54, 1.807) is 24.6 Å². The number of hydrogen-bond donors (Lipinski definition) is 2. The van der Waals surface area contributed by atoms with Gasteiger partial charge >= 0.3 is 0 Å². The first-order chi connectivity index (χ1) is 14.1. The van der Waals surface area contributed by atoms with E-state index in [0.29, 0.717) is 18.0 Å². The highest BCUT2D eigenvalue weighted by atomic mass is 16.3. The number of rotatable bonds is 5. The number of carbonyl (C=O) groups is 1. The van der Waals surface area contributed by atoms with Crippen molar-refractivity contribution in [2.45, 2.75) is 13.3 Å². The Morgan fingerprint density at radius 3 is 2.41 bits per heavy atom. The van der Waals surface area contributed by atoms with Crippen molar-refractivity contribution in [3.63, 3.8) is 0 Å². The van der Waals surface area contributed by atoms with Crippen molar-refractivity contribution in [1.29, 1.82) is 0 Å². The SMILES string of the molecule is Cc1ccc(-c2ncco2)cc1-c1ccc(NC(=O)Cc2ccc(N)cc2)cc1. The average Bonchev–Trinajstić information content (AvgIpc) is 3.26. The number of aryl methyl sites for hydroxylation is 1. The van der Waals surface area contributed by atoms with Gasteiger partial charge in [0, 0.05) is 16.9 Å². The van der Waals surface area contributed by atoms with Crippen LogP contribution in [0.25, 0.3) is 22.6 Å². The molecular weight excluding hydrogens is 362 g/mol. The highest BCUT2D eigenvalue weighted by molar-refractivity contribution is 5.92. The van der Waals surface area contributed by atoms with Crippen LogP contribution in [0.2, 0.25) is 0 Å². The molecule has 1 heterocycles. The summed E-state index contributed by atoms with van der Waals surface area (Å²) in [5.41, 5.74) is 12.3. The largest absolute Gasteiger partial charge is 0.445 e. The molecule has 0 unspecified atom stereocenters. The van der Waals surface area contributed by atoms with Crippen molar-refractivity contribution >= 4 is 17.3 Å². The fourth-order valence-corrected chi connectivity index (χ4v) is 3.19. The molecule has 0 saturated carbocycles. The molecule has 0 saturated heterocycles. The van der Waals surface area contributed by atoms with Crippen molar-refractivity contribution in [3.8, 4) is 22.6 Å². The van der Waals surface area contributed by atoms with Crippen LogP contribution in [0, 0.1) is 6.92 Å². The maximum Gasteiger partial charge on any atom is 0.228 e. The fourth-order valence-electron chi connectivity index (χ4n) is 3.19. The molecule has 4 aromatic rings. The molecule has 5 nitrogen and oxygen atoms in total. The number of nitrogen functional groups attached to an aromatic ring is 1. The molecule has 0 aliphatic heterocycles. The lowest BCUT2D eigenvalue weighted by Crippen LogP contribution is -2.14. The minimum absolute atomic E-state index is 0.0652. The number of nitrogens with two attached hydrogens (primary N) is 1. The second kappa shape index (κ2) is 8.02. The van der Waals surface area contributed by atoms with E-state index in [0.717, 1.165) is 33.5 Å². The number of nitrogens with zero attached hydrogens (tertiary/aromatic N) is 1. The third kappa shape index (κ3) is 4.35. The number of anilines is 2. The van der Waals surface area contributed by atoms with Crippen molar-refractivity contribution in [3.05, 3.63) is 90.3 Å². The summed E-state index contributed by atoms with van der Waals surface area (Å²) in [5.74, 6) is 0.530. The zero-order valence-electron chi connectivity index (χ0n) is 16.1. The first-order valence-corrected chi connectivity index (χ1v) is 9.34. The first-order valence-electron chi connectivity index (χ1n) is 9.34. The van der Waals surface area contributed by atoms with Crippen LogP contribution in [-0.2, 0) is 11.2 Å². The maximum absolute atomic E-state index is 12.3. The molecular formula is C24H21N3O2. The number of benzene rings is 3. The third-order valence-electron chi connectivity index (χ3n) is 4.74. The Labute approximate surface area is 169 Å². The smallest absolute Gasteiger partial charge is 0.228 e. The molecule has 3 aromatic carbocycles. The average molecular weight is 383 g/mol. The van der Waals surface area contributed by atoms with Gasteiger partial charge in [0.25, 0.3) is 0 Å². The Hall–Kier alpha value is -3.86. The van der Waals surface area contributed by atoms with Gasteiger partial charge < -0.3 is 15.5 Å². The van der Waals surface area contributed by atoms with Crippen LogP contribution in [0.5, 0.6) is 0 Å². The van der Waals surface area contributed by atoms with E-state index < -0.39 is 0 Å². The van der Waals surface area contributed by atoms with Gasteiger partial charge in [-0.25, -0.2) is 4.98 Å². The molecule has 0 aliphatic rings. The van der Waals surface area contributed by atoms with Crippen LogP contribution >= 0.6 is 0 Å². The van der Waals surface area contributed by atoms with Crippen molar-refractivity contribution in [2.24, 2.45) is 0 Å². The monoisotopic (exact) mass is 383 g/mol. The molecule has 5 heteroatoms. The number of hydrogen-bond acceptors (Lipinski definition) is 4. The third-order valence-corrected chi connectivity index (χ3v) is 4.74. The van der Waals surface area contributed by atoms with Gasteiger partial charge in [-0.1, -0.05) is 30.3 Å². The minimum atomic E-state index is -0.0652. The summed E-state index contributed by atoms with van der Waals surface area (Å²) in [6.45, 7) is 2.07. The van der Waals surface area contributed by atoms with Crippen molar-refractivity contribution in [2.75, 3.05) is 11.1 Å². The lowest BCUT2D eigenvalue weighted by atomic mass is 9.98. The van der Waals surface area contributed by atoms with E-state index in [-0.39, 0.29) is 5.91 Å². The lowest BCUT2D eigenvalue weighted by Gasteiger charge is -2.10. The fraction of sp³-hybridized carbons (Fsp3) is 0.0833. The van der Waals surface area contributed by atoms with E-state index in [9.17, 15) is 4.79 Å². The second-order valence-electron chi connectivity index (χ2n) is 6.91. The molecule has 0 fully saturated rings. The summed E-state index contributed by atoms with van der Waals surface area (Å²) in [7, 11) is 0. The van der Waals surface area contributed by atoms with Gasteiger partial charge in [-0.3, -0.25) is 4.79 Å². The van der Waals surface area contributed by atoms with Crippen LogP contribution in [-0.4, -0.2) is 10.9 Å². The summed E-state index contributed by atoms with van der Waals surface area (Å²) < 4.78 is 5.40. The summed E-state index contributed by atoms with van der Waals surface area (Å²) in [6.07, 6.45) is 3.51. The minimum Gasteiger partial charge on any atom is -0.445 e. The summed E-state index contributed by atoms with van der Waals surface area (Å²) in [4.78, 5) is 16.5. The maximum atomic E-state index is 12.3. The zero-order chi connectivity index (χ0) is 20.2. The molecule has 0 aliphatic carbocycles. The quantitative estimate of drug-likeness (QED) is 0.471. The Kier molecular flexibility index (Phi) is 5.12. The van der Waals surface area contributed by atoms with Crippen LogP contribution in [0.1, 0.15) is 11.1 Å². The Morgan fingerprint density at radius 1 is 1.00 bits per heavy atom. The first kappa shape index (κ1) is 18.5. The van der Waals surface area contributed by atoms with Gasteiger partial charge in [-0.15, -0.1) is 0 Å².